The van der Waals surface area contributed by atoms with Gasteiger partial charge in [0.1, 0.15) is 11.8 Å². The molecular weight excluding hydrogens is 400 g/mol. The summed E-state index contributed by atoms with van der Waals surface area (Å²) in [5, 5.41) is 2.91. The van der Waals surface area contributed by atoms with Crippen LogP contribution in [-0.4, -0.2) is 40.3 Å². The van der Waals surface area contributed by atoms with Gasteiger partial charge in [0.15, 0.2) is 0 Å². The Hall–Kier alpha value is -2.54. The van der Waals surface area contributed by atoms with Crippen LogP contribution in [0.3, 0.4) is 0 Å². The Labute approximate surface area is 180 Å². The monoisotopic (exact) mass is 432 g/mol. The lowest BCUT2D eigenvalue weighted by Gasteiger charge is -2.30. The average molecular weight is 433 g/mol. The second-order valence-corrected chi connectivity index (χ2v) is 9.35. The van der Waals surface area contributed by atoms with E-state index in [4.69, 9.17) is 4.74 Å². The van der Waals surface area contributed by atoms with Crippen LogP contribution in [0.15, 0.2) is 42.5 Å². The molecule has 0 fully saturated rings. The first-order valence-electron chi connectivity index (χ1n) is 10.1. The van der Waals surface area contributed by atoms with Crippen molar-refractivity contribution >= 4 is 21.6 Å². The van der Waals surface area contributed by atoms with Gasteiger partial charge in [-0.1, -0.05) is 25.1 Å². The van der Waals surface area contributed by atoms with Gasteiger partial charge in [0.05, 0.1) is 19.1 Å². The molecule has 1 atom stereocenters. The van der Waals surface area contributed by atoms with Gasteiger partial charge in [0.2, 0.25) is 15.9 Å². The van der Waals surface area contributed by atoms with Crippen molar-refractivity contribution in [2.45, 2.75) is 46.1 Å². The number of aryl methyl sites for hydroxylation is 3. The van der Waals surface area contributed by atoms with Crippen molar-refractivity contribution < 1.29 is 17.9 Å². The molecule has 2 aromatic rings. The predicted octanol–water partition coefficient (Wildman–Crippen LogP) is 3.61. The van der Waals surface area contributed by atoms with Crippen molar-refractivity contribution in [2.24, 2.45) is 0 Å². The number of amides is 1. The molecule has 0 aromatic heterocycles. The van der Waals surface area contributed by atoms with E-state index in [1.54, 1.807) is 13.2 Å². The minimum atomic E-state index is -3.62. The van der Waals surface area contributed by atoms with Gasteiger partial charge in [-0.15, -0.1) is 0 Å². The minimum Gasteiger partial charge on any atom is -0.497 e. The van der Waals surface area contributed by atoms with E-state index in [0.717, 1.165) is 41.5 Å². The summed E-state index contributed by atoms with van der Waals surface area (Å²) < 4.78 is 31.5. The third-order valence-corrected chi connectivity index (χ3v) is 6.36. The number of nitrogens with one attached hydrogen (secondary N) is 1. The number of benzene rings is 2. The third kappa shape index (κ3) is 6.23. The van der Waals surface area contributed by atoms with Crippen molar-refractivity contribution in [1.29, 1.82) is 0 Å². The molecular formula is C23H32N2O4S. The van der Waals surface area contributed by atoms with Crippen LogP contribution >= 0.6 is 0 Å². The Morgan fingerprint density at radius 3 is 2.30 bits per heavy atom. The Kier molecular flexibility index (Phi) is 8.29. The summed E-state index contributed by atoms with van der Waals surface area (Å²) in [5.74, 6) is 0.529. The molecule has 1 amide bonds. The zero-order valence-electron chi connectivity index (χ0n) is 18.4. The van der Waals surface area contributed by atoms with E-state index in [1.807, 2.05) is 57.2 Å². The molecule has 6 nitrogen and oxygen atoms in total. The molecule has 2 aromatic carbocycles. The number of sulfonamides is 1. The van der Waals surface area contributed by atoms with E-state index < -0.39 is 16.1 Å². The van der Waals surface area contributed by atoms with Gasteiger partial charge in [-0.05, 0) is 74.1 Å². The van der Waals surface area contributed by atoms with Gasteiger partial charge >= 0.3 is 0 Å². The third-order valence-electron chi connectivity index (χ3n) is 5.18. The van der Waals surface area contributed by atoms with Crippen LogP contribution in [0.5, 0.6) is 5.75 Å². The van der Waals surface area contributed by atoms with Gasteiger partial charge in [-0.3, -0.25) is 9.10 Å². The molecule has 1 N–H and O–H groups in total. The molecule has 164 valence electrons. The van der Waals surface area contributed by atoms with E-state index in [9.17, 15) is 13.2 Å². The maximum Gasteiger partial charge on any atom is 0.243 e. The zero-order chi connectivity index (χ0) is 22.3. The number of carbonyl (C=O) groups is 1. The minimum absolute atomic E-state index is 0.282. The standard InChI is InChI=1S/C23H32N2O4S/c1-6-22(25(30(5,27)28)20-12-9-17(2)18(3)16-20)23(26)24-15-7-8-19-10-13-21(29-4)14-11-19/h9-14,16,22H,6-8,15H2,1-5H3,(H,24,26). The molecule has 0 saturated heterocycles. The van der Waals surface area contributed by atoms with E-state index >= 15 is 0 Å². The number of nitrogens with zero attached hydrogens (tertiary/aromatic N) is 1. The smallest absolute Gasteiger partial charge is 0.243 e. The van der Waals surface area contributed by atoms with Gasteiger partial charge in [0.25, 0.3) is 0 Å². The van der Waals surface area contributed by atoms with Crippen molar-refractivity contribution in [3.63, 3.8) is 0 Å². The van der Waals surface area contributed by atoms with Crippen molar-refractivity contribution in [2.75, 3.05) is 24.2 Å². The number of methoxy groups -OCH3 is 1. The topological polar surface area (TPSA) is 75.7 Å². The van der Waals surface area contributed by atoms with Crippen LogP contribution in [0.4, 0.5) is 5.69 Å². The van der Waals surface area contributed by atoms with E-state index in [1.165, 1.54) is 4.31 Å². The lowest BCUT2D eigenvalue weighted by Crippen LogP contribution is -2.49. The van der Waals surface area contributed by atoms with Crippen molar-refractivity contribution in [3.05, 3.63) is 59.2 Å². The highest BCUT2D eigenvalue weighted by atomic mass is 32.2. The molecule has 0 aliphatic rings. The van der Waals surface area contributed by atoms with Crippen LogP contribution in [-0.2, 0) is 21.2 Å². The second-order valence-electron chi connectivity index (χ2n) is 7.49. The number of hydrogen-bond donors (Lipinski definition) is 1. The normalized spacial score (nSPS) is 12.3. The Balaban J connectivity index is 2.05. The number of carbonyl (C=O) groups excluding carboxylic acids is 1. The summed E-state index contributed by atoms with van der Waals surface area (Å²) >= 11 is 0. The fourth-order valence-electron chi connectivity index (χ4n) is 3.34. The molecule has 0 heterocycles. The molecule has 30 heavy (non-hydrogen) atoms. The maximum atomic E-state index is 12.8. The molecule has 1 unspecified atom stereocenters. The second kappa shape index (κ2) is 10.5. The molecule has 0 aliphatic heterocycles. The summed E-state index contributed by atoms with van der Waals surface area (Å²) in [6, 6.07) is 12.5. The van der Waals surface area contributed by atoms with Crippen molar-refractivity contribution in [3.8, 4) is 5.75 Å². The predicted molar refractivity (Wildman–Crippen MR) is 122 cm³/mol. The molecule has 7 heteroatoms. The van der Waals surface area contributed by atoms with Crippen molar-refractivity contribution in [1.82, 2.24) is 5.32 Å². The van der Waals surface area contributed by atoms with Gasteiger partial charge in [-0.2, -0.15) is 0 Å². The summed E-state index contributed by atoms with van der Waals surface area (Å²) in [5.41, 5.74) is 3.73. The van der Waals surface area contributed by atoms with E-state index in [-0.39, 0.29) is 5.91 Å². The first kappa shape index (κ1) is 23.7. The van der Waals surface area contributed by atoms with Crippen LogP contribution in [0, 0.1) is 13.8 Å². The van der Waals surface area contributed by atoms with E-state index in [0.29, 0.717) is 18.7 Å². The lowest BCUT2D eigenvalue weighted by molar-refractivity contribution is -0.122. The average Bonchev–Trinajstić information content (AvgIpc) is 2.71. The fourth-order valence-corrected chi connectivity index (χ4v) is 4.54. The summed E-state index contributed by atoms with van der Waals surface area (Å²) in [4.78, 5) is 12.8. The first-order chi connectivity index (χ1) is 14.2. The van der Waals surface area contributed by atoms with Gasteiger partial charge in [0, 0.05) is 6.54 Å². The highest BCUT2D eigenvalue weighted by Crippen LogP contribution is 2.25. The van der Waals surface area contributed by atoms with Crippen LogP contribution < -0.4 is 14.4 Å². The largest absolute Gasteiger partial charge is 0.497 e. The number of anilines is 1. The molecule has 0 radical (unpaired) electrons. The Morgan fingerprint density at radius 2 is 1.77 bits per heavy atom. The Morgan fingerprint density at radius 1 is 1.10 bits per heavy atom. The SMILES string of the molecule is CCC(C(=O)NCCCc1ccc(OC)cc1)N(c1ccc(C)c(C)c1)S(C)(=O)=O. The summed E-state index contributed by atoms with van der Waals surface area (Å²) in [7, 11) is -1.99. The summed E-state index contributed by atoms with van der Waals surface area (Å²) in [6.07, 6.45) is 3.09. The quantitative estimate of drug-likeness (QED) is 0.582. The molecule has 0 aliphatic carbocycles. The molecule has 0 saturated carbocycles. The zero-order valence-corrected chi connectivity index (χ0v) is 19.3. The first-order valence-corrected chi connectivity index (χ1v) is 12.0. The fraction of sp³-hybridized carbons (Fsp3) is 0.435. The highest BCUT2D eigenvalue weighted by molar-refractivity contribution is 7.92. The maximum absolute atomic E-state index is 12.8. The summed E-state index contributed by atoms with van der Waals surface area (Å²) in [6.45, 7) is 6.20. The van der Waals surface area contributed by atoms with Gasteiger partial charge in [-0.25, -0.2) is 8.42 Å². The lowest BCUT2D eigenvalue weighted by atomic mass is 10.1. The van der Waals surface area contributed by atoms with Crippen LogP contribution in [0.2, 0.25) is 0 Å². The van der Waals surface area contributed by atoms with Gasteiger partial charge < -0.3 is 10.1 Å². The van der Waals surface area contributed by atoms with E-state index in [2.05, 4.69) is 5.32 Å². The van der Waals surface area contributed by atoms with Crippen LogP contribution in [0.25, 0.3) is 0 Å². The van der Waals surface area contributed by atoms with Crippen LogP contribution in [0.1, 0.15) is 36.5 Å². The number of ether oxygens (including phenoxy) is 1. The highest BCUT2D eigenvalue weighted by Gasteiger charge is 2.31. The number of rotatable bonds is 10. The Bertz CT molecular complexity index is 956. The molecule has 0 spiro atoms. The molecule has 2 rings (SSSR count). The molecule has 0 bridgehead atoms. The number of hydrogen-bond acceptors (Lipinski definition) is 4.